The van der Waals surface area contributed by atoms with E-state index < -0.39 is 113 Å². The molecule has 3 aromatic rings. The van der Waals surface area contributed by atoms with Crippen molar-refractivity contribution in [3.05, 3.63) is 118 Å². The second-order valence-electron chi connectivity index (χ2n) is 17.9. The minimum Gasteiger partial charge on any atom is -0.456 e. The number of ketones is 1. The van der Waals surface area contributed by atoms with E-state index in [1.165, 1.54) is 26.0 Å². The molecular weight excluding hydrogens is 815 g/mol. The summed E-state index contributed by atoms with van der Waals surface area (Å²) in [6.07, 6.45) is -10.5. The van der Waals surface area contributed by atoms with Crippen molar-refractivity contribution in [3.8, 4) is 0 Å². The Bertz CT molecular complexity index is 2330. The first-order valence-electron chi connectivity index (χ1n) is 20.9. The lowest BCUT2D eigenvalue weighted by Crippen LogP contribution is -2.82. The summed E-state index contributed by atoms with van der Waals surface area (Å²) in [6, 6.07) is 21.5. The number of rotatable bonds is 10. The number of hydrogen-bond donors (Lipinski definition) is 4. The van der Waals surface area contributed by atoms with Crippen LogP contribution in [-0.4, -0.2) is 105 Å². The van der Waals surface area contributed by atoms with E-state index in [0.717, 1.165) is 19.4 Å². The lowest BCUT2D eigenvalue weighted by Gasteiger charge is -2.67. The van der Waals surface area contributed by atoms with E-state index in [1.807, 2.05) is 6.92 Å². The second-order valence-corrected chi connectivity index (χ2v) is 17.9. The third-order valence-corrected chi connectivity index (χ3v) is 13.8. The van der Waals surface area contributed by atoms with Crippen LogP contribution in [0.4, 0.5) is 0 Å². The van der Waals surface area contributed by atoms with Crippen molar-refractivity contribution in [3.63, 3.8) is 0 Å². The molecule has 2 saturated carbocycles. The molecule has 1 aliphatic heterocycles. The summed E-state index contributed by atoms with van der Waals surface area (Å²) in [5.74, 6) is -6.84. The van der Waals surface area contributed by atoms with E-state index >= 15 is 4.79 Å². The average molecular weight is 868 g/mol. The highest BCUT2D eigenvalue weighted by Gasteiger charge is 2.78. The molecule has 334 valence electrons. The Hall–Kier alpha value is -5.74. The molecule has 1 heterocycles. The number of fused-ring (bicyclic) bond motifs is 5. The number of carbonyl (C=O) groups excluding carboxylic acids is 6. The SMILES string of the molecule is CC(=O)O[C@H]1C(=O)[C@@]2(C)C([C@H](OC(=O)c3ccccc3)[C@]3(O)C[C@H](OC(=O)[C@H](O)[C@H](NC(=O)c4ccccc4)c4ccc(C)cc4)C(C)=C1C3(C)C)[C@]1(OC(C)=O)CO[C@@H]1C[C@@H]2O. The first kappa shape index (κ1) is 45.3. The van der Waals surface area contributed by atoms with Gasteiger partial charge in [0.25, 0.3) is 5.91 Å². The van der Waals surface area contributed by atoms with Gasteiger partial charge in [-0.1, -0.05) is 80.1 Å². The molecule has 4 aliphatic rings. The predicted octanol–water partition coefficient (Wildman–Crippen LogP) is 4.04. The van der Waals surface area contributed by atoms with Crippen LogP contribution < -0.4 is 5.32 Å². The highest BCUT2D eigenvalue weighted by Crippen LogP contribution is 2.64. The molecule has 15 nitrogen and oxygen atoms in total. The van der Waals surface area contributed by atoms with Crippen LogP contribution in [0.5, 0.6) is 0 Å². The maximum atomic E-state index is 15.5. The lowest BCUT2D eigenvalue weighted by molar-refractivity contribution is -0.346. The fourth-order valence-corrected chi connectivity index (χ4v) is 10.3. The van der Waals surface area contributed by atoms with Gasteiger partial charge in [-0.2, -0.15) is 0 Å². The largest absolute Gasteiger partial charge is 0.456 e. The normalized spacial score (nSPS) is 31.6. The number of ether oxygens (including phenoxy) is 5. The van der Waals surface area contributed by atoms with Crippen LogP contribution in [0.2, 0.25) is 0 Å². The van der Waals surface area contributed by atoms with Crippen LogP contribution in [0.25, 0.3) is 0 Å². The standard InChI is InChI=1S/C48H53NO14/c1-25-18-20-29(21-19-25)36(49-42(55)30-14-10-8-11-15-30)37(53)44(57)61-32-23-48(58)41(62-43(56)31-16-12-9-13-17-31)39-46(7,33(52)22-34-47(39,24-59-34)63-28(4)51)40(54)38(60-27(3)50)35(26(32)2)45(48,5)6/h8-21,32-34,36-39,41,52-53,58H,22-24H2,1-7H3,(H,49,55)/t32-,33-,34+,36+,37+,38+,39?,41-,46+,47-,48+/m0/s1. The minimum absolute atomic E-state index is 0.00245. The molecule has 15 heteroatoms. The van der Waals surface area contributed by atoms with Crippen LogP contribution in [0.15, 0.2) is 96.1 Å². The van der Waals surface area contributed by atoms with Crippen molar-refractivity contribution in [1.82, 2.24) is 5.32 Å². The topological polar surface area (TPSA) is 221 Å². The minimum atomic E-state index is -2.39. The molecule has 0 aromatic heterocycles. The van der Waals surface area contributed by atoms with E-state index in [1.54, 1.807) is 86.6 Å². The summed E-state index contributed by atoms with van der Waals surface area (Å²) in [5, 5.41) is 40.4. The summed E-state index contributed by atoms with van der Waals surface area (Å²) < 4.78 is 30.3. The van der Waals surface area contributed by atoms with Crippen LogP contribution in [-0.2, 0) is 42.9 Å². The Balaban J connectivity index is 1.39. The van der Waals surface area contributed by atoms with E-state index in [2.05, 4.69) is 5.32 Å². The number of benzene rings is 3. The fourth-order valence-electron chi connectivity index (χ4n) is 10.3. The lowest BCUT2D eigenvalue weighted by atomic mass is 9.44. The molecule has 3 aliphatic carbocycles. The summed E-state index contributed by atoms with van der Waals surface area (Å²) in [5.41, 5.74) is -6.14. The molecule has 4 N–H and O–H groups in total. The number of carbonyl (C=O) groups is 6. The maximum absolute atomic E-state index is 15.5. The summed E-state index contributed by atoms with van der Waals surface area (Å²) >= 11 is 0. The second kappa shape index (κ2) is 16.8. The zero-order chi connectivity index (χ0) is 45.8. The summed E-state index contributed by atoms with van der Waals surface area (Å²) in [4.78, 5) is 83.7. The number of hydrogen-bond acceptors (Lipinski definition) is 14. The molecule has 1 saturated heterocycles. The number of aliphatic hydroxyl groups is 3. The van der Waals surface area contributed by atoms with Crippen molar-refractivity contribution >= 4 is 35.6 Å². The van der Waals surface area contributed by atoms with Gasteiger partial charge in [-0.15, -0.1) is 0 Å². The monoisotopic (exact) mass is 867 g/mol. The van der Waals surface area contributed by atoms with Gasteiger partial charge >= 0.3 is 23.9 Å². The molecule has 11 atom stereocenters. The molecular formula is C48H53NO14. The zero-order valence-electron chi connectivity index (χ0n) is 36.2. The molecule has 0 spiro atoms. The fraction of sp³-hybridized carbons (Fsp3) is 0.458. The van der Waals surface area contributed by atoms with Gasteiger partial charge in [-0.05, 0) is 61.7 Å². The summed E-state index contributed by atoms with van der Waals surface area (Å²) in [6.45, 7) is 9.83. The number of Topliss-reactive ketones (excluding diaryl/α,β-unsaturated/α-hetero) is 1. The van der Waals surface area contributed by atoms with Gasteiger partial charge in [0.15, 0.2) is 23.6 Å². The van der Waals surface area contributed by atoms with Gasteiger partial charge in [0, 0.05) is 37.7 Å². The zero-order valence-corrected chi connectivity index (χ0v) is 36.2. The molecule has 63 heavy (non-hydrogen) atoms. The molecule has 3 fully saturated rings. The maximum Gasteiger partial charge on any atom is 0.338 e. The van der Waals surface area contributed by atoms with Gasteiger partial charge < -0.3 is 44.3 Å². The Labute approximate surface area is 364 Å². The Morgan fingerprint density at radius 3 is 1.98 bits per heavy atom. The quantitative estimate of drug-likeness (QED) is 0.128. The van der Waals surface area contributed by atoms with Gasteiger partial charge in [-0.25, -0.2) is 9.59 Å². The number of esters is 4. The van der Waals surface area contributed by atoms with Gasteiger partial charge in [0.2, 0.25) is 0 Å². The first-order valence-corrected chi connectivity index (χ1v) is 20.9. The van der Waals surface area contributed by atoms with Gasteiger partial charge in [0.1, 0.15) is 23.9 Å². The number of nitrogens with one attached hydrogen (secondary N) is 1. The Morgan fingerprint density at radius 1 is 0.825 bits per heavy atom. The molecule has 1 amide bonds. The van der Waals surface area contributed by atoms with E-state index in [0.29, 0.717) is 5.56 Å². The number of amides is 1. The number of aryl methyl sites for hydroxylation is 1. The number of aliphatic hydroxyl groups excluding tert-OH is 2. The average Bonchev–Trinajstić information content (AvgIpc) is 3.24. The highest BCUT2D eigenvalue weighted by atomic mass is 16.6. The van der Waals surface area contributed by atoms with E-state index in [4.69, 9.17) is 23.7 Å². The van der Waals surface area contributed by atoms with Crippen molar-refractivity contribution in [2.45, 2.75) is 115 Å². The third kappa shape index (κ3) is 7.64. The Morgan fingerprint density at radius 2 is 1.43 bits per heavy atom. The van der Waals surface area contributed by atoms with Crippen molar-refractivity contribution in [2.75, 3.05) is 6.61 Å². The van der Waals surface area contributed by atoms with Gasteiger partial charge in [0.05, 0.1) is 35.6 Å². The molecule has 7 rings (SSSR count). The highest BCUT2D eigenvalue weighted by molar-refractivity contribution is 5.96. The van der Waals surface area contributed by atoms with Crippen molar-refractivity contribution < 1.29 is 67.8 Å². The molecule has 0 radical (unpaired) electrons. The molecule has 2 bridgehead atoms. The molecule has 1 unspecified atom stereocenters. The van der Waals surface area contributed by atoms with Crippen molar-refractivity contribution in [2.24, 2.45) is 16.7 Å². The van der Waals surface area contributed by atoms with Crippen molar-refractivity contribution in [1.29, 1.82) is 0 Å². The van der Waals surface area contributed by atoms with Crippen LogP contribution in [0.3, 0.4) is 0 Å². The first-order chi connectivity index (χ1) is 29.7. The van der Waals surface area contributed by atoms with E-state index in [-0.39, 0.29) is 35.3 Å². The Kier molecular flexibility index (Phi) is 12.0. The van der Waals surface area contributed by atoms with Crippen LogP contribution >= 0.6 is 0 Å². The smallest absolute Gasteiger partial charge is 0.338 e. The molecule has 3 aromatic carbocycles. The predicted molar refractivity (Wildman–Crippen MR) is 222 cm³/mol. The van der Waals surface area contributed by atoms with Crippen LogP contribution in [0.1, 0.15) is 92.3 Å². The van der Waals surface area contributed by atoms with Gasteiger partial charge in [-0.3, -0.25) is 19.2 Å². The third-order valence-electron chi connectivity index (χ3n) is 13.8. The van der Waals surface area contributed by atoms with Crippen LogP contribution in [0, 0.1) is 23.7 Å². The van der Waals surface area contributed by atoms with E-state index in [9.17, 15) is 39.3 Å². The summed E-state index contributed by atoms with van der Waals surface area (Å²) in [7, 11) is 0.